The molecule has 0 aromatic carbocycles. The quantitative estimate of drug-likeness (QED) is 0.738. The molecule has 7 heteroatoms. The summed E-state index contributed by atoms with van der Waals surface area (Å²) in [5.74, 6) is -0.600. The summed E-state index contributed by atoms with van der Waals surface area (Å²) in [6, 6.07) is 0.513. The zero-order valence-corrected chi connectivity index (χ0v) is 8.20. The van der Waals surface area contributed by atoms with E-state index < -0.39 is 22.6 Å². The Hall–Kier alpha value is -0.490. The van der Waals surface area contributed by atoms with Crippen LogP contribution < -0.4 is 0 Å². The van der Waals surface area contributed by atoms with Crippen LogP contribution >= 0.6 is 27.5 Å². The molecule has 0 aliphatic heterocycles. The standard InChI is InChI=1S/C6H2BrClF3NO/c7-4-3(13)1-2(5(8)12-4)6(9,10)11/h1,13H. The number of hydrogen-bond donors (Lipinski definition) is 1. The molecule has 0 atom stereocenters. The molecular weight excluding hydrogens is 274 g/mol. The van der Waals surface area contributed by atoms with Gasteiger partial charge in [0.25, 0.3) is 0 Å². The summed E-state index contributed by atoms with van der Waals surface area (Å²) >= 11 is 7.95. The predicted molar refractivity (Wildman–Crippen MR) is 43.6 cm³/mol. The summed E-state index contributed by atoms with van der Waals surface area (Å²) in [5, 5.41) is 8.22. The maximum atomic E-state index is 12.1. The minimum absolute atomic E-state index is 0.120. The molecule has 1 heterocycles. The third kappa shape index (κ3) is 2.25. The highest BCUT2D eigenvalue weighted by molar-refractivity contribution is 9.10. The van der Waals surface area contributed by atoms with Crippen LogP contribution in [0.25, 0.3) is 0 Å². The van der Waals surface area contributed by atoms with Crippen LogP contribution in [0.4, 0.5) is 13.2 Å². The number of halogens is 5. The second-order valence-corrected chi connectivity index (χ2v) is 3.24. The summed E-state index contributed by atoms with van der Waals surface area (Å²) in [4.78, 5) is 3.25. The van der Waals surface area contributed by atoms with Crippen molar-refractivity contribution < 1.29 is 18.3 Å². The average molecular weight is 276 g/mol. The van der Waals surface area contributed by atoms with Gasteiger partial charge in [0.2, 0.25) is 0 Å². The number of alkyl halides is 3. The van der Waals surface area contributed by atoms with E-state index in [1.54, 1.807) is 0 Å². The van der Waals surface area contributed by atoms with Crippen LogP contribution in [-0.4, -0.2) is 10.1 Å². The van der Waals surface area contributed by atoms with E-state index in [1.807, 2.05) is 0 Å². The molecule has 13 heavy (non-hydrogen) atoms. The number of pyridine rings is 1. The van der Waals surface area contributed by atoms with Crippen molar-refractivity contribution in [2.75, 3.05) is 0 Å². The Morgan fingerprint density at radius 1 is 1.46 bits per heavy atom. The molecule has 0 fully saturated rings. The van der Waals surface area contributed by atoms with Gasteiger partial charge in [-0.1, -0.05) is 11.6 Å². The van der Waals surface area contributed by atoms with Gasteiger partial charge in [0.1, 0.15) is 15.5 Å². The molecule has 0 unspecified atom stereocenters. The Morgan fingerprint density at radius 2 is 2.00 bits per heavy atom. The average Bonchev–Trinajstić information content (AvgIpc) is 1.94. The minimum Gasteiger partial charge on any atom is -0.505 e. The molecule has 0 spiro atoms. The summed E-state index contributed by atoms with van der Waals surface area (Å²) < 4.78 is 36.2. The van der Waals surface area contributed by atoms with Crippen LogP contribution in [0.5, 0.6) is 5.75 Å². The zero-order valence-electron chi connectivity index (χ0n) is 5.86. The van der Waals surface area contributed by atoms with Crippen LogP contribution in [0.15, 0.2) is 10.7 Å². The zero-order chi connectivity index (χ0) is 10.2. The molecular formula is C6H2BrClF3NO. The molecule has 0 saturated carbocycles. The Bertz CT molecular complexity index is 341. The van der Waals surface area contributed by atoms with Crippen LogP contribution in [0.2, 0.25) is 5.15 Å². The third-order valence-electron chi connectivity index (χ3n) is 1.22. The lowest BCUT2D eigenvalue weighted by Crippen LogP contribution is -2.06. The van der Waals surface area contributed by atoms with Crippen molar-refractivity contribution in [3.8, 4) is 5.75 Å². The van der Waals surface area contributed by atoms with Crippen molar-refractivity contribution in [3.63, 3.8) is 0 Å². The smallest absolute Gasteiger partial charge is 0.419 e. The number of hydrogen-bond acceptors (Lipinski definition) is 2. The normalized spacial score (nSPS) is 11.8. The van der Waals surface area contributed by atoms with Crippen LogP contribution in [0, 0.1) is 0 Å². The lowest BCUT2D eigenvalue weighted by molar-refractivity contribution is -0.137. The Kier molecular flexibility index (Phi) is 2.72. The first-order chi connectivity index (χ1) is 5.82. The first kappa shape index (κ1) is 10.6. The second kappa shape index (κ2) is 3.34. The lowest BCUT2D eigenvalue weighted by atomic mass is 10.3. The van der Waals surface area contributed by atoms with Gasteiger partial charge in [0.05, 0.1) is 5.56 Å². The first-order valence-corrected chi connectivity index (χ1v) is 4.11. The van der Waals surface area contributed by atoms with E-state index in [1.165, 1.54) is 0 Å². The van der Waals surface area contributed by atoms with Gasteiger partial charge in [-0.3, -0.25) is 0 Å². The Labute approximate surface area is 84.5 Å². The molecule has 2 nitrogen and oxygen atoms in total. The molecule has 1 N–H and O–H groups in total. The fourth-order valence-electron chi connectivity index (χ4n) is 0.658. The van der Waals surface area contributed by atoms with Crippen LogP contribution in [0.3, 0.4) is 0 Å². The molecule has 0 bridgehead atoms. The summed E-state index contributed by atoms with van der Waals surface area (Å²) in [7, 11) is 0. The fraction of sp³-hybridized carbons (Fsp3) is 0.167. The summed E-state index contributed by atoms with van der Waals surface area (Å²) in [6.07, 6.45) is -4.61. The van der Waals surface area contributed by atoms with Crippen molar-refractivity contribution in [1.29, 1.82) is 0 Å². The van der Waals surface area contributed by atoms with E-state index in [4.69, 9.17) is 16.7 Å². The van der Waals surface area contributed by atoms with Gasteiger partial charge in [-0.25, -0.2) is 4.98 Å². The Balaban J connectivity index is 3.32. The van der Waals surface area contributed by atoms with E-state index >= 15 is 0 Å². The molecule has 0 aliphatic carbocycles. The van der Waals surface area contributed by atoms with E-state index in [0.717, 1.165) is 0 Å². The molecule has 1 aromatic rings. The second-order valence-electron chi connectivity index (χ2n) is 2.13. The monoisotopic (exact) mass is 275 g/mol. The molecule has 0 aliphatic rings. The van der Waals surface area contributed by atoms with E-state index in [9.17, 15) is 13.2 Å². The van der Waals surface area contributed by atoms with Gasteiger partial charge in [0.15, 0.2) is 0 Å². The molecule has 72 valence electrons. The first-order valence-electron chi connectivity index (χ1n) is 2.94. The van der Waals surface area contributed by atoms with E-state index in [2.05, 4.69) is 20.9 Å². The highest BCUT2D eigenvalue weighted by Gasteiger charge is 2.34. The highest BCUT2D eigenvalue weighted by atomic mass is 79.9. The molecule has 1 rings (SSSR count). The minimum atomic E-state index is -4.61. The van der Waals surface area contributed by atoms with E-state index in [0.29, 0.717) is 6.07 Å². The van der Waals surface area contributed by atoms with Gasteiger partial charge in [-0.2, -0.15) is 13.2 Å². The van der Waals surface area contributed by atoms with Crippen molar-refractivity contribution in [2.45, 2.75) is 6.18 Å². The SMILES string of the molecule is Oc1cc(C(F)(F)F)c(Cl)nc1Br. The summed E-state index contributed by atoms with van der Waals surface area (Å²) in [5.41, 5.74) is -1.16. The van der Waals surface area contributed by atoms with Gasteiger partial charge >= 0.3 is 6.18 Å². The van der Waals surface area contributed by atoms with Crippen molar-refractivity contribution in [3.05, 3.63) is 21.4 Å². The fourth-order valence-corrected chi connectivity index (χ4v) is 1.30. The molecule has 1 aromatic heterocycles. The highest BCUT2D eigenvalue weighted by Crippen LogP contribution is 2.37. The summed E-state index contributed by atoms with van der Waals surface area (Å²) in [6.45, 7) is 0. The van der Waals surface area contributed by atoms with Crippen LogP contribution in [0.1, 0.15) is 5.56 Å². The van der Waals surface area contributed by atoms with Gasteiger partial charge in [-0.05, 0) is 22.0 Å². The predicted octanol–water partition coefficient (Wildman–Crippen LogP) is 3.22. The van der Waals surface area contributed by atoms with Crippen molar-refractivity contribution in [2.24, 2.45) is 0 Å². The van der Waals surface area contributed by atoms with Gasteiger partial charge < -0.3 is 5.11 Å². The maximum absolute atomic E-state index is 12.1. The number of nitrogens with zero attached hydrogens (tertiary/aromatic N) is 1. The number of aromatic hydroxyl groups is 1. The third-order valence-corrected chi connectivity index (χ3v) is 2.09. The van der Waals surface area contributed by atoms with E-state index in [-0.39, 0.29) is 4.60 Å². The van der Waals surface area contributed by atoms with Crippen molar-refractivity contribution >= 4 is 27.5 Å². The van der Waals surface area contributed by atoms with Gasteiger partial charge in [0, 0.05) is 0 Å². The maximum Gasteiger partial charge on any atom is 0.419 e. The lowest BCUT2D eigenvalue weighted by Gasteiger charge is -2.08. The molecule has 0 saturated heterocycles. The number of rotatable bonds is 0. The van der Waals surface area contributed by atoms with Gasteiger partial charge in [-0.15, -0.1) is 0 Å². The van der Waals surface area contributed by atoms with Crippen molar-refractivity contribution in [1.82, 2.24) is 4.98 Å². The topological polar surface area (TPSA) is 33.1 Å². The Morgan fingerprint density at radius 3 is 2.46 bits per heavy atom. The molecule has 0 amide bonds. The number of aromatic nitrogens is 1. The molecule has 0 radical (unpaired) electrons. The van der Waals surface area contributed by atoms with Crippen LogP contribution in [-0.2, 0) is 6.18 Å². The largest absolute Gasteiger partial charge is 0.505 e.